The van der Waals surface area contributed by atoms with E-state index in [1.807, 2.05) is 25.1 Å². The standard InChI is InChI=1S/C24H24ClFO4/c1-23(30-14-16-2-5-18(26)6-3-16)9-8-19(21(27)13-23)17-4-7-22(20(25)12-17)29-15-24(28)10-11-24/h2-9,12,19,28H,10-11,13-15H2,1H3/t19?,23-/m0/s1. The number of carbonyl (C=O) groups excluding carboxylic acids is 1. The van der Waals surface area contributed by atoms with Crippen LogP contribution in [0.5, 0.6) is 5.75 Å². The highest BCUT2D eigenvalue weighted by Crippen LogP contribution is 2.38. The average molecular weight is 431 g/mol. The van der Waals surface area contributed by atoms with Crippen molar-refractivity contribution >= 4 is 17.4 Å². The number of halogens is 2. The van der Waals surface area contributed by atoms with Crippen LogP contribution in [0, 0.1) is 5.82 Å². The molecule has 1 N–H and O–H groups in total. The van der Waals surface area contributed by atoms with Gasteiger partial charge in [-0.25, -0.2) is 4.39 Å². The van der Waals surface area contributed by atoms with E-state index in [1.165, 1.54) is 12.1 Å². The zero-order chi connectivity index (χ0) is 21.4. The number of allylic oxidation sites excluding steroid dienone is 1. The smallest absolute Gasteiger partial charge is 0.147 e. The second kappa shape index (κ2) is 8.14. The van der Waals surface area contributed by atoms with Crippen LogP contribution in [0.4, 0.5) is 4.39 Å². The van der Waals surface area contributed by atoms with E-state index in [2.05, 4.69) is 0 Å². The van der Waals surface area contributed by atoms with Crippen LogP contribution in [0.3, 0.4) is 0 Å². The van der Waals surface area contributed by atoms with Crippen LogP contribution >= 0.6 is 11.6 Å². The summed E-state index contributed by atoms with van der Waals surface area (Å²) >= 11 is 6.34. The van der Waals surface area contributed by atoms with E-state index in [9.17, 15) is 14.3 Å². The number of hydrogen-bond acceptors (Lipinski definition) is 4. The summed E-state index contributed by atoms with van der Waals surface area (Å²) in [5, 5.41) is 10.3. The van der Waals surface area contributed by atoms with Gasteiger partial charge in [0.05, 0.1) is 28.7 Å². The first-order chi connectivity index (χ1) is 14.3. The molecule has 0 bridgehead atoms. The van der Waals surface area contributed by atoms with Gasteiger partial charge in [0, 0.05) is 6.42 Å². The molecule has 2 aliphatic carbocycles. The number of ether oxygens (including phenoxy) is 2. The molecule has 4 nitrogen and oxygen atoms in total. The van der Waals surface area contributed by atoms with Crippen LogP contribution in [0.2, 0.25) is 5.02 Å². The summed E-state index contributed by atoms with van der Waals surface area (Å²) in [4.78, 5) is 12.8. The molecule has 0 aliphatic heterocycles. The van der Waals surface area contributed by atoms with Crippen LogP contribution in [-0.4, -0.2) is 28.7 Å². The number of benzene rings is 2. The van der Waals surface area contributed by atoms with Crippen LogP contribution in [-0.2, 0) is 16.1 Å². The molecule has 1 unspecified atom stereocenters. The average Bonchev–Trinajstić information content (AvgIpc) is 3.44. The van der Waals surface area contributed by atoms with Crippen molar-refractivity contribution in [3.8, 4) is 5.75 Å². The highest BCUT2D eigenvalue weighted by atomic mass is 35.5. The van der Waals surface area contributed by atoms with Crippen molar-refractivity contribution < 1.29 is 23.8 Å². The minimum absolute atomic E-state index is 0.0381. The molecule has 4 rings (SSSR count). The van der Waals surface area contributed by atoms with Crippen LogP contribution in [0.1, 0.15) is 43.2 Å². The first kappa shape index (κ1) is 21.0. The minimum atomic E-state index is -0.720. The Bertz CT molecular complexity index is 968. The van der Waals surface area contributed by atoms with E-state index < -0.39 is 17.1 Å². The maximum atomic E-state index is 13.0. The van der Waals surface area contributed by atoms with Gasteiger partial charge in [-0.05, 0) is 55.2 Å². The molecular weight excluding hydrogens is 407 g/mol. The number of carbonyl (C=O) groups is 1. The molecule has 0 spiro atoms. The molecule has 2 aromatic carbocycles. The largest absolute Gasteiger partial charge is 0.489 e. The van der Waals surface area contributed by atoms with E-state index in [-0.39, 0.29) is 24.6 Å². The molecule has 6 heteroatoms. The third kappa shape index (κ3) is 4.91. The molecule has 30 heavy (non-hydrogen) atoms. The monoisotopic (exact) mass is 430 g/mol. The van der Waals surface area contributed by atoms with Gasteiger partial charge in [0.2, 0.25) is 0 Å². The second-order valence-electron chi connectivity index (χ2n) is 8.41. The van der Waals surface area contributed by atoms with Gasteiger partial charge in [-0.3, -0.25) is 4.79 Å². The van der Waals surface area contributed by atoms with Gasteiger partial charge < -0.3 is 14.6 Å². The predicted octanol–water partition coefficient (Wildman–Crippen LogP) is 4.97. The minimum Gasteiger partial charge on any atom is -0.489 e. The Kier molecular flexibility index (Phi) is 5.71. The third-order valence-electron chi connectivity index (χ3n) is 5.63. The van der Waals surface area contributed by atoms with Crippen molar-refractivity contribution in [1.29, 1.82) is 0 Å². The fourth-order valence-electron chi connectivity index (χ4n) is 3.48. The maximum Gasteiger partial charge on any atom is 0.147 e. The van der Waals surface area contributed by atoms with E-state index in [0.717, 1.165) is 24.0 Å². The molecule has 0 amide bonds. The Morgan fingerprint density at radius 3 is 2.57 bits per heavy atom. The Morgan fingerprint density at radius 1 is 1.20 bits per heavy atom. The van der Waals surface area contributed by atoms with Crippen molar-refractivity contribution in [3.63, 3.8) is 0 Å². The number of Topliss-reactive ketones (excluding diaryl/α,β-unsaturated/α-hetero) is 1. The first-order valence-corrected chi connectivity index (χ1v) is 10.4. The molecule has 2 aromatic rings. The van der Waals surface area contributed by atoms with Crippen LogP contribution in [0.15, 0.2) is 54.6 Å². The zero-order valence-corrected chi connectivity index (χ0v) is 17.5. The SMILES string of the molecule is C[C@]1(OCc2ccc(F)cc2)C=CC(c2ccc(OCC3(O)CC3)c(Cl)c2)C(=O)C1. The summed E-state index contributed by atoms with van der Waals surface area (Å²) in [7, 11) is 0. The molecule has 1 fully saturated rings. The lowest BCUT2D eigenvalue weighted by molar-refractivity contribution is -0.126. The van der Waals surface area contributed by atoms with Crippen LogP contribution in [0.25, 0.3) is 0 Å². The molecule has 2 atom stereocenters. The molecule has 158 valence electrons. The normalized spacial score (nSPS) is 24.7. The highest BCUT2D eigenvalue weighted by molar-refractivity contribution is 6.32. The number of aliphatic hydroxyl groups is 1. The molecule has 2 aliphatic rings. The fourth-order valence-corrected chi connectivity index (χ4v) is 3.72. The lowest BCUT2D eigenvalue weighted by Gasteiger charge is -2.31. The van der Waals surface area contributed by atoms with Gasteiger partial charge in [0.1, 0.15) is 24.0 Å². The summed E-state index contributed by atoms with van der Waals surface area (Å²) in [6.07, 6.45) is 5.47. The predicted molar refractivity (Wildman–Crippen MR) is 112 cm³/mol. The molecule has 0 radical (unpaired) electrons. The van der Waals surface area contributed by atoms with E-state index in [0.29, 0.717) is 17.4 Å². The van der Waals surface area contributed by atoms with E-state index >= 15 is 0 Å². The molecule has 0 saturated heterocycles. The first-order valence-electron chi connectivity index (χ1n) is 10.0. The van der Waals surface area contributed by atoms with Gasteiger partial charge in [-0.2, -0.15) is 0 Å². The van der Waals surface area contributed by atoms with E-state index in [4.69, 9.17) is 21.1 Å². The van der Waals surface area contributed by atoms with Crippen molar-refractivity contribution in [2.45, 2.75) is 49.9 Å². The third-order valence-corrected chi connectivity index (χ3v) is 5.93. The zero-order valence-electron chi connectivity index (χ0n) is 16.7. The maximum absolute atomic E-state index is 13.0. The van der Waals surface area contributed by atoms with Crippen LogP contribution < -0.4 is 4.74 Å². The molecule has 0 heterocycles. The number of hydrogen-bond donors (Lipinski definition) is 1. The van der Waals surface area contributed by atoms with Gasteiger partial charge in [0.15, 0.2) is 0 Å². The molecule has 1 saturated carbocycles. The Hall–Kier alpha value is -2.21. The topological polar surface area (TPSA) is 55.8 Å². The van der Waals surface area contributed by atoms with Gasteiger partial charge >= 0.3 is 0 Å². The molecular formula is C24H24ClFO4. The Labute approximate surface area is 180 Å². The van der Waals surface area contributed by atoms with Gasteiger partial charge in [-0.1, -0.05) is 42.0 Å². The highest BCUT2D eigenvalue weighted by Gasteiger charge is 2.41. The second-order valence-corrected chi connectivity index (χ2v) is 8.82. The lowest BCUT2D eigenvalue weighted by Crippen LogP contribution is -2.34. The summed E-state index contributed by atoms with van der Waals surface area (Å²) < 4.78 is 24.6. The summed E-state index contributed by atoms with van der Waals surface area (Å²) in [6, 6.07) is 11.4. The number of ketones is 1. The summed E-state index contributed by atoms with van der Waals surface area (Å²) in [6.45, 7) is 2.38. The fraction of sp³-hybridized carbons (Fsp3) is 0.375. The quantitative estimate of drug-likeness (QED) is 0.630. The van der Waals surface area contributed by atoms with Crippen molar-refractivity contribution in [3.05, 3.63) is 76.6 Å². The lowest BCUT2D eigenvalue weighted by atomic mass is 9.81. The summed E-state index contributed by atoms with van der Waals surface area (Å²) in [5.74, 6) is -0.151. The Morgan fingerprint density at radius 2 is 1.93 bits per heavy atom. The van der Waals surface area contributed by atoms with Crippen molar-refractivity contribution in [2.24, 2.45) is 0 Å². The van der Waals surface area contributed by atoms with Gasteiger partial charge in [0.25, 0.3) is 0 Å². The van der Waals surface area contributed by atoms with E-state index in [1.54, 1.807) is 24.3 Å². The molecule has 0 aromatic heterocycles. The Balaban J connectivity index is 1.41. The van der Waals surface area contributed by atoms with Crippen molar-refractivity contribution in [1.82, 2.24) is 0 Å². The van der Waals surface area contributed by atoms with Crippen molar-refractivity contribution in [2.75, 3.05) is 6.61 Å². The number of rotatable bonds is 7. The van der Waals surface area contributed by atoms with Gasteiger partial charge in [-0.15, -0.1) is 0 Å². The summed E-state index contributed by atoms with van der Waals surface area (Å²) in [5.41, 5.74) is 0.204.